The van der Waals surface area contributed by atoms with Crippen molar-refractivity contribution in [3.63, 3.8) is 0 Å². The van der Waals surface area contributed by atoms with E-state index in [-0.39, 0.29) is 0 Å². The average molecular weight is 321 g/mol. The van der Waals surface area contributed by atoms with E-state index in [1.807, 2.05) is 19.2 Å². The molecule has 0 radical (unpaired) electrons. The van der Waals surface area contributed by atoms with Crippen LogP contribution in [-0.2, 0) is 13.1 Å². The molecule has 0 aliphatic rings. The molecule has 110 valence electrons. The first kappa shape index (κ1) is 14.4. The Kier molecular flexibility index (Phi) is 4.14. The van der Waals surface area contributed by atoms with Gasteiger partial charge in [-0.15, -0.1) is 11.3 Å². The number of nitrogens with zero attached hydrogens (tertiary/aromatic N) is 3. The topological polar surface area (TPSA) is 32.6 Å². The smallest absolute Gasteiger partial charge is 0.195 e. The molecule has 0 spiro atoms. The molecular formula is C15H17ClN4S. The molecule has 4 nitrogen and oxygen atoms in total. The molecule has 2 aromatic heterocycles. The molecule has 0 saturated carbocycles. The predicted octanol–water partition coefficient (Wildman–Crippen LogP) is 3.41. The van der Waals surface area contributed by atoms with E-state index in [1.165, 1.54) is 11.3 Å². The number of nitrogens with one attached hydrogen (secondary N) is 1. The summed E-state index contributed by atoms with van der Waals surface area (Å²) in [6.07, 6.45) is 2.07. The molecule has 0 amide bonds. The Labute approximate surface area is 133 Å². The second-order valence-electron chi connectivity index (χ2n) is 4.95. The van der Waals surface area contributed by atoms with Gasteiger partial charge < -0.3 is 10.2 Å². The highest BCUT2D eigenvalue weighted by atomic mass is 35.5. The van der Waals surface area contributed by atoms with Crippen LogP contribution in [0.1, 0.15) is 11.3 Å². The molecule has 21 heavy (non-hydrogen) atoms. The Morgan fingerprint density at radius 3 is 2.81 bits per heavy atom. The quantitative estimate of drug-likeness (QED) is 0.782. The molecule has 0 saturated heterocycles. The van der Waals surface area contributed by atoms with Crippen molar-refractivity contribution in [3.8, 4) is 0 Å². The third-order valence-electron chi connectivity index (χ3n) is 3.38. The fraction of sp³-hybridized carbons (Fsp3) is 0.267. The van der Waals surface area contributed by atoms with Gasteiger partial charge in [-0.2, -0.15) is 0 Å². The monoisotopic (exact) mass is 320 g/mol. The van der Waals surface area contributed by atoms with Crippen molar-refractivity contribution in [2.75, 3.05) is 19.0 Å². The van der Waals surface area contributed by atoms with Gasteiger partial charge in [-0.25, -0.2) is 4.98 Å². The third kappa shape index (κ3) is 2.90. The second kappa shape index (κ2) is 6.05. The van der Waals surface area contributed by atoms with Gasteiger partial charge in [0.1, 0.15) is 0 Å². The predicted molar refractivity (Wildman–Crippen MR) is 89.4 cm³/mol. The standard InChI is InChI=1S/C15H17ClN4S/c1-17-9-13-14(18-15-20(13)7-8-21-15)19(2)10-11-3-5-12(16)6-4-11/h3-8,17H,9-10H2,1-2H3. The number of anilines is 1. The highest BCUT2D eigenvalue weighted by Crippen LogP contribution is 2.25. The first-order valence-corrected chi connectivity index (χ1v) is 7.99. The normalized spacial score (nSPS) is 11.2. The van der Waals surface area contributed by atoms with Crippen molar-refractivity contribution in [2.45, 2.75) is 13.1 Å². The van der Waals surface area contributed by atoms with Gasteiger partial charge in [-0.3, -0.25) is 4.40 Å². The summed E-state index contributed by atoms with van der Waals surface area (Å²) < 4.78 is 2.15. The van der Waals surface area contributed by atoms with Crippen molar-refractivity contribution >= 4 is 33.7 Å². The van der Waals surface area contributed by atoms with Gasteiger partial charge in [0, 0.05) is 36.7 Å². The maximum absolute atomic E-state index is 5.93. The fourth-order valence-electron chi connectivity index (χ4n) is 2.40. The highest BCUT2D eigenvalue weighted by Gasteiger charge is 2.16. The molecule has 0 bridgehead atoms. The van der Waals surface area contributed by atoms with Crippen LogP contribution < -0.4 is 10.2 Å². The Hall–Kier alpha value is -1.56. The molecule has 0 unspecified atom stereocenters. The van der Waals surface area contributed by atoms with Crippen LogP contribution in [0.2, 0.25) is 5.02 Å². The molecule has 0 atom stereocenters. The molecule has 3 rings (SSSR count). The van der Waals surface area contributed by atoms with Crippen LogP contribution in [-0.4, -0.2) is 23.5 Å². The Bertz CT molecular complexity index is 732. The van der Waals surface area contributed by atoms with E-state index in [9.17, 15) is 0 Å². The number of thiazole rings is 1. The van der Waals surface area contributed by atoms with Gasteiger partial charge in [0.2, 0.25) is 0 Å². The van der Waals surface area contributed by atoms with E-state index < -0.39 is 0 Å². The summed E-state index contributed by atoms with van der Waals surface area (Å²) in [5.41, 5.74) is 2.40. The summed E-state index contributed by atoms with van der Waals surface area (Å²) in [6.45, 7) is 1.59. The zero-order valence-corrected chi connectivity index (χ0v) is 13.6. The Balaban J connectivity index is 1.89. The number of aromatic nitrogens is 2. The van der Waals surface area contributed by atoms with E-state index >= 15 is 0 Å². The summed E-state index contributed by atoms with van der Waals surface area (Å²) in [4.78, 5) is 7.95. The van der Waals surface area contributed by atoms with Gasteiger partial charge >= 0.3 is 0 Å². The first-order chi connectivity index (χ1) is 10.2. The number of imidazole rings is 1. The van der Waals surface area contributed by atoms with Crippen molar-refractivity contribution in [2.24, 2.45) is 0 Å². The lowest BCUT2D eigenvalue weighted by Crippen LogP contribution is -2.20. The second-order valence-corrected chi connectivity index (χ2v) is 6.26. The van der Waals surface area contributed by atoms with Gasteiger partial charge in [0.25, 0.3) is 0 Å². The number of hydrogen-bond acceptors (Lipinski definition) is 4. The zero-order valence-electron chi connectivity index (χ0n) is 12.0. The Morgan fingerprint density at radius 1 is 1.33 bits per heavy atom. The molecule has 0 aliphatic heterocycles. The SMILES string of the molecule is CNCc1c(N(C)Cc2ccc(Cl)cc2)nc2sccn12. The van der Waals surface area contributed by atoms with Crippen LogP contribution in [0.25, 0.3) is 4.96 Å². The van der Waals surface area contributed by atoms with Gasteiger partial charge in [0.05, 0.1) is 5.69 Å². The van der Waals surface area contributed by atoms with Gasteiger partial charge in [-0.1, -0.05) is 23.7 Å². The lowest BCUT2D eigenvalue weighted by molar-refractivity contribution is 0.772. The van der Waals surface area contributed by atoms with E-state index in [2.05, 4.69) is 45.4 Å². The van der Waals surface area contributed by atoms with Crippen LogP contribution in [0, 0.1) is 0 Å². The molecule has 3 aromatic rings. The maximum atomic E-state index is 5.93. The van der Waals surface area contributed by atoms with Crippen molar-refractivity contribution in [1.82, 2.24) is 14.7 Å². The largest absolute Gasteiger partial charge is 0.354 e. The van der Waals surface area contributed by atoms with E-state index in [4.69, 9.17) is 16.6 Å². The summed E-state index contributed by atoms with van der Waals surface area (Å²) in [6, 6.07) is 7.94. The van der Waals surface area contributed by atoms with Crippen molar-refractivity contribution in [3.05, 3.63) is 52.1 Å². The van der Waals surface area contributed by atoms with Crippen LogP contribution >= 0.6 is 22.9 Å². The molecule has 0 aliphatic carbocycles. The number of hydrogen-bond donors (Lipinski definition) is 1. The van der Waals surface area contributed by atoms with Crippen LogP contribution in [0.15, 0.2) is 35.8 Å². The van der Waals surface area contributed by atoms with Crippen molar-refractivity contribution < 1.29 is 0 Å². The number of fused-ring (bicyclic) bond motifs is 1. The van der Waals surface area contributed by atoms with Crippen LogP contribution in [0.5, 0.6) is 0 Å². The minimum Gasteiger partial charge on any atom is -0.354 e. The molecule has 6 heteroatoms. The molecule has 2 heterocycles. The minimum absolute atomic E-state index is 0.764. The summed E-state index contributed by atoms with van der Waals surface area (Å²) in [5.74, 6) is 1.02. The van der Waals surface area contributed by atoms with Crippen LogP contribution in [0.3, 0.4) is 0 Å². The fourth-order valence-corrected chi connectivity index (χ4v) is 3.25. The summed E-state index contributed by atoms with van der Waals surface area (Å²) in [5, 5.41) is 6.04. The summed E-state index contributed by atoms with van der Waals surface area (Å²) >= 11 is 7.59. The van der Waals surface area contributed by atoms with E-state index in [0.29, 0.717) is 0 Å². The first-order valence-electron chi connectivity index (χ1n) is 6.73. The van der Waals surface area contributed by atoms with Gasteiger partial charge in [0.15, 0.2) is 10.8 Å². The zero-order chi connectivity index (χ0) is 14.8. The minimum atomic E-state index is 0.764. The average Bonchev–Trinajstić information content (AvgIpc) is 3.04. The summed E-state index contributed by atoms with van der Waals surface area (Å²) in [7, 11) is 4.02. The molecule has 1 N–H and O–H groups in total. The third-order valence-corrected chi connectivity index (χ3v) is 4.39. The molecule has 0 fully saturated rings. The van der Waals surface area contributed by atoms with Crippen molar-refractivity contribution in [1.29, 1.82) is 0 Å². The lowest BCUT2D eigenvalue weighted by atomic mass is 10.2. The number of rotatable bonds is 5. The Morgan fingerprint density at radius 2 is 2.10 bits per heavy atom. The number of benzene rings is 1. The lowest BCUT2D eigenvalue weighted by Gasteiger charge is -2.18. The highest BCUT2D eigenvalue weighted by molar-refractivity contribution is 7.15. The number of halogens is 1. The molecular weight excluding hydrogens is 304 g/mol. The maximum Gasteiger partial charge on any atom is 0.195 e. The van der Waals surface area contributed by atoms with E-state index in [0.717, 1.165) is 28.9 Å². The van der Waals surface area contributed by atoms with Crippen LogP contribution in [0.4, 0.5) is 5.82 Å². The van der Waals surface area contributed by atoms with Gasteiger partial charge in [-0.05, 0) is 24.7 Å². The molecule has 1 aromatic carbocycles. The van der Waals surface area contributed by atoms with E-state index in [1.54, 1.807) is 11.3 Å².